The zero-order valence-electron chi connectivity index (χ0n) is 26.2. The van der Waals surface area contributed by atoms with Crippen LogP contribution in [-0.4, -0.2) is 39.2 Å². The highest BCUT2D eigenvalue weighted by molar-refractivity contribution is 7.39. The van der Waals surface area contributed by atoms with E-state index in [1.807, 2.05) is 81.4 Å². The zero-order chi connectivity index (χ0) is 34.0. The maximum absolute atomic E-state index is 13.3. The first kappa shape index (κ1) is 36.7. The summed E-state index contributed by atoms with van der Waals surface area (Å²) in [6, 6.07) is 28.1. The standard InChI is InChI=1S/C35H35Cl2FO7PSi/c1-35(2,3)30(33(34(39)40)45-47(27-10-6-4-7-11-27)28-12-8-5-9-13-28)22-46(41)44-23-42-21-29-31(37)18-25(36)19-32(29)43-20-24-14-16-26(38)17-15-24/h4-19,30,33H,20-23H2,1-3H3/p+1/t30?,33-/m0/s1. The van der Waals surface area contributed by atoms with Crippen molar-refractivity contribution in [1.82, 2.24) is 0 Å². The van der Waals surface area contributed by atoms with Crippen molar-refractivity contribution in [2.24, 2.45) is 11.3 Å². The third kappa shape index (κ3) is 10.9. The molecule has 1 N–H and O–H groups in total. The average Bonchev–Trinajstić information content (AvgIpc) is 3.03. The minimum Gasteiger partial charge on any atom is -0.488 e. The van der Waals surface area contributed by atoms with Gasteiger partial charge in [0.15, 0.2) is 12.3 Å². The summed E-state index contributed by atoms with van der Waals surface area (Å²) in [7, 11) is -4.30. The Morgan fingerprint density at radius 1 is 0.915 bits per heavy atom. The SMILES string of the molecule is CC(C)(C)C(C[P+](=O)OCOCc1c(Cl)cc(Cl)cc1OCc1ccc(F)cc1)[C@H](O[Si](c1ccccc1)c1ccccc1)C(=O)O. The second-order valence-electron chi connectivity index (χ2n) is 11.8. The Hall–Kier alpha value is -3.14. The Balaban J connectivity index is 1.41. The van der Waals surface area contributed by atoms with Crippen molar-refractivity contribution in [2.75, 3.05) is 13.0 Å². The average molecular weight is 718 g/mol. The highest BCUT2D eigenvalue weighted by atomic mass is 35.5. The molecule has 2 unspecified atom stereocenters. The Labute approximate surface area is 287 Å². The topological polar surface area (TPSA) is 91.3 Å². The molecule has 0 fully saturated rings. The largest absolute Gasteiger partial charge is 0.510 e. The lowest BCUT2D eigenvalue weighted by molar-refractivity contribution is -0.149. The van der Waals surface area contributed by atoms with Crippen LogP contribution in [0.4, 0.5) is 4.39 Å². The van der Waals surface area contributed by atoms with E-state index in [-0.39, 0.29) is 32.0 Å². The highest BCUT2D eigenvalue weighted by Gasteiger charge is 2.45. The van der Waals surface area contributed by atoms with Crippen molar-refractivity contribution in [3.8, 4) is 5.75 Å². The second kappa shape index (κ2) is 17.3. The van der Waals surface area contributed by atoms with Crippen LogP contribution >= 0.6 is 31.2 Å². The van der Waals surface area contributed by atoms with Gasteiger partial charge in [-0.3, -0.25) is 0 Å². The van der Waals surface area contributed by atoms with Gasteiger partial charge in [0.25, 0.3) is 9.04 Å². The first-order valence-corrected chi connectivity index (χ1v) is 18.3. The lowest BCUT2D eigenvalue weighted by atomic mass is 9.78. The number of benzene rings is 4. The molecule has 12 heteroatoms. The fourth-order valence-corrected chi connectivity index (χ4v) is 8.78. The molecule has 3 atom stereocenters. The molecule has 0 spiro atoms. The van der Waals surface area contributed by atoms with Crippen molar-refractivity contribution in [3.63, 3.8) is 0 Å². The molecular formula is C35H36Cl2FO7PSi+. The van der Waals surface area contributed by atoms with E-state index in [4.69, 9.17) is 41.6 Å². The van der Waals surface area contributed by atoms with Gasteiger partial charge < -0.3 is 19.0 Å². The van der Waals surface area contributed by atoms with Crippen LogP contribution in [0, 0.1) is 17.2 Å². The smallest absolute Gasteiger partial charge is 0.488 e. The molecule has 4 aromatic rings. The molecule has 247 valence electrons. The van der Waals surface area contributed by atoms with Gasteiger partial charge in [0.1, 0.15) is 18.2 Å². The van der Waals surface area contributed by atoms with E-state index in [0.29, 0.717) is 21.4 Å². The van der Waals surface area contributed by atoms with Gasteiger partial charge in [-0.25, -0.2) is 9.18 Å². The zero-order valence-corrected chi connectivity index (χ0v) is 29.6. The van der Waals surface area contributed by atoms with Gasteiger partial charge in [0.05, 0.1) is 11.6 Å². The molecule has 7 nitrogen and oxygen atoms in total. The number of carboxylic acids is 1. The van der Waals surface area contributed by atoms with Gasteiger partial charge in [0.2, 0.25) is 6.79 Å². The summed E-state index contributed by atoms with van der Waals surface area (Å²) in [6.07, 6.45) is -1.31. The Bertz CT molecular complexity index is 1580. The molecular weight excluding hydrogens is 681 g/mol. The summed E-state index contributed by atoms with van der Waals surface area (Å²) in [4.78, 5) is 12.7. The van der Waals surface area contributed by atoms with Crippen molar-refractivity contribution in [2.45, 2.75) is 40.1 Å². The number of aliphatic carboxylic acids is 1. The lowest BCUT2D eigenvalue weighted by Crippen LogP contribution is -2.52. The number of hydrogen-bond donors (Lipinski definition) is 1. The Morgan fingerprint density at radius 3 is 2.06 bits per heavy atom. The van der Waals surface area contributed by atoms with E-state index in [0.717, 1.165) is 15.9 Å². The monoisotopic (exact) mass is 716 g/mol. The molecule has 0 aromatic heterocycles. The van der Waals surface area contributed by atoms with Crippen LogP contribution in [0.1, 0.15) is 31.9 Å². The lowest BCUT2D eigenvalue weighted by Gasteiger charge is -2.34. The van der Waals surface area contributed by atoms with E-state index in [2.05, 4.69) is 0 Å². The van der Waals surface area contributed by atoms with E-state index in [1.54, 1.807) is 24.3 Å². The van der Waals surface area contributed by atoms with E-state index >= 15 is 0 Å². The third-order valence-electron chi connectivity index (χ3n) is 7.34. The summed E-state index contributed by atoms with van der Waals surface area (Å²) in [5.74, 6) is -1.77. The molecule has 4 rings (SSSR count). The van der Waals surface area contributed by atoms with Crippen molar-refractivity contribution < 1.29 is 37.3 Å². The van der Waals surface area contributed by atoms with Crippen molar-refractivity contribution >= 4 is 56.6 Å². The van der Waals surface area contributed by atoms with Gasteiger partial charge in [-0.2, -0.15) is 0 Å². The molecule has 0 amide bonds. The van der Waals surface area contributed by atoms with Gasteiger partial charge >= 0.3 is 14.0 Å². The minimum absolute atomic E-state index is 0.0403. The fourth-order valence-electron chi connectivity index (χ4n) is 4.78. The first-order valence-electron chi connectivity index (χ1n) is 14.8. The van der Waals surface area contributed by atoms with Crippen LogP contribution in [0.15, 0.2) is 97.1 Å². The molecule has 0 saturated heterocycles. The van der Waals surface area contributed by atoms with Crippen LogP contribution in [0.2, 0.25) is 10.0 Å². The number of halogens is 3. The maximum atomic E-state index is 13.3. The van der Waals surface area contributed by atoms with E-state index in [9.17, 15) is 18.9 Å². The van der Waals surface area contributed by atoms with Gasteiger partial charge in [-0.1, -0.05) is 117 Å². The summed E-state index contributed by atoms with van der Waals surface area (Å²) >= 11 is 12.6. The fraction of sp³-hybridized carbons (Fsp3) is 0.286. The van der Waals surface area contributed by atoms with Crippen LogP contribution < -0.4 is 15.1 Å². The predicted molar refractivity (Wildman–Crippen MR) is 184 cm³/mol. The predicted octanol–water partition coefficient (Wildman–Crippen LogP) is 7.88. The van der Waals surface area contributed by atoms with Crippen LogP contribution in [0.3, 0.4) is 0 Å². The number of ether oxygens (including phenoxy) is 2. The number of carboxylic acid groups (broad SMARTS) is 1. The van der Waals surface area contributed by atoms with Gasteiger partial charge in [-0.15, -0.1) is 4.52 Å². The molecule has 0 heterocycles. The summed E-state index contributed by atoms with van der Waals surface area (Å²) in [5.41, 5.74) is 0.652. The highest BCUT2D eigenvalue weighted by Crippen LogP contribution is 2.39. The molecule has 0 bridgehead atoms. The molecule has 1 radical (unpaired) electrons. The molecule has 0 saturated carbocycles. The van der Waals surface area contributed by atoms with Crippen LogP contribution in [0.5, 0.6) is 5.75 Å². The van der Waals surface area contributed by atoms with E-state index < -0.39 is 40.5 Å². The molecule has 0 aliphatic heterocycles. The summed E-state index contributed by atoms with van der Waals surface area (Å²) < 4.78 is 50.1. The Morgan fingerprint density at radius 2 is 1.51 bits per heavy atom. The minimum atomic E-state index is -2.34. The summed E-state index contributed by atoms with van der Waals surface area (Å²) in [5, 5.41) is 12.9. The van der Waals surface area contributed by atoms with Crippen molar-refractivity contribution in [1.29, 1.82) is 0 Å². The van der Waals surface area contributed by atoms with Gasteiger partial charge in [-0.05, 0) is 50.2 Å². The normalized spacial score (nSPS) is 13.3. The number of carbonyl (C=O) groups is 1. The van der Waals surface area contributed by atoms with Crippen LogP contribution in [-0.2, 0) is 36.3 Å². The van der Waals surface area contributed by atoms with E-state index in [1.165, 1.54) is 12.1 Å². The van der Waals surface area contributed by atoms with Gasteiger partial charge in [0, 0.05) is 16.5 Å². The first-order chi connectivity index (χ1) is 22.4. The third-order valence-corrected chi connectivity index (χ3v) is 11.2. The summed E-state index contributed by atoms with van der Waals surface area (Å²) in [6.45, 7) is 5.44. The maximum Gasteiger partial charge on any atom is 0.510 e. The molecule has 4 aromatic carbocycles. The molecule has 0 aliphatic rings. The van der Waals surface area contributed by atoms with Crippen LogP contribution in [0.25, 0.3) is 0 Å². The second-order valence-corrected chi connectivity index (χ2v) is 16.0. The Kier molecular flexibility index (Phi) is 13.5. The quantitative estimate of drug-likeness (QED) is 0.0546. The van der Waals surface area contributed by atoms with Crippen molar-refractivity contribution in [3.05, 3.63) is 124 Å². The molecule has 47 heavy (non-hydrogen) atoms. The number of hydrogen-bond acceptors (Lipinski definition) is 6. The number of rotatable bonds is 16. The molecule has 0 aliphatic carbocycles.